The van der Waals surface area contributed by atoms with E-state index in [1.807, 2.05) is 20.8 Å². The van der Waals surface area contributed by atoms with Gasteiger partial charge in [0.1, 0.15) is 0 Å². The SMILES string of the molecule is C=CC#[N+]C(C)(C)C. The first-order valence-electron chi connectivity index (χ1n) is 2.64. The molecule has 0 spiro atoms. The minimum absolute atomic E-state index is 0.00576. The summed E-state index contributed by atoms with van der Waals surface area (Å²) in [7, 11) is 0. The van der Waals surface area contributed by atoms with E-state index < -0.39 is 0 Å². The van der Waals surface area contributed by atoms with Crippen molar-refractivity contribution in [3.05, 3.63) is 17.5 Å². The number of rotatable bonds is 0. The summed E-state index contributed by atoms with van der Waals surface area (Å²) >= 11 is 0. The van der Waals surface area contributed by atoms with E-state index in [9.17, 15) is 0 Å². The highest BCUT2D eigenvalue weighted by molar-refractivity contribution is 5.08. The second-order valence-electron chi connectivity index (χ2n) is 2.62. The van der Waals surface area contributed by atoms with Gasteiger partial charge in [-0.3, -0.25) is 0 Å². The van der Waals surface area contributed by atoms with Crippen LogP contribution in [-0.4, -0.2) is 5.54 Å². The van der Waals surface area contributed by atoms with Crippen LogP contribution in [0.3, 0.4) is 0 Å². The van der Waals surface area contributed by atoms with E-state index in [1.54, 1.807) is 6.08 Å². The van der Waals surface area contributed by atoms with Crippen LogP contribution in [0.15, 0.2) is 12.7 Å². The standard InChI is InChI=1S/C7H12N/c1-5-6-8-7(2,3)4/h5H,1H2,2-4H3/q+1. The molecule has 0 aliphatic rings. The summed E-state index contributed by atoms with van der Waals surface area (Å²) in [6.07, 6.45) is 1.56. The van der Waals surface area contributed by atoms with Crippen LogP contribution in [0.25, 0.3) is 4.85 Å². The van der Waals surface area contributed by atoms with E-state index in [0.717, 1.165) is 0 Å². The molecule has 0 radical (unpaired) electrons. The topological polar surface area (TPSA) is 4.36 Å². The van der Waals surface area contributed by atoms with Crippen LogP contribution in [0.4, 0.5) is 0 Å². The lowest BCUT2D eigenvalue weighted by atomic mass is 10.1. The average molecular weight is 110 g/mol. The van der Waals surface area contributed by atoms with E-state index in [1.165, 1.54) is 0 Å². The normalized spacial score (nSPS) is 9.38. The predicted molar refractivity (Wildman–Crippen MR) is 37.2 cm³/mol. The fourth-order valence-electron chi connectivity index (χ4n) is 0.239. The molecular weight excluding hydrogens is 98.1 g/mol. The molecule has 0 bridgehead atoms. The molecule has 0 N–H and O–H groups in total. The maximum absolute atomic E-state index is 4.01. The fourth-order valence-corrected chi connectivity index (χ4v) is 0.239. The van der Waals surface area contributed by atoms with Gasteiger partial charge in [0.2, 0.25) is 0 Å². The van der Waals surface area contributed by atoms with Crippen LogP contribution >= 0.6 is 0 Å². The van der Waals surface area contributed by atoms with Crippen LogP contribution in [0.1, 0.15) is 20.8 Å². The first-order chi connectivity index (χ1) is 3.56. The molecule has 0 saturated carbocycles. The van der Waals surface area contributed by atoms with Crippen molar-refractivity contribution in [2.45, 2.75) is 26.3 Å². The Hall–Kier alpha value is -0.770. The molecule has 8 heavy (non-hydrogen) atoms. The first kappa shape index (κ1) is 7.23. The monoisotopic (exact) mass is 110 g/mol. The highest BCUT2D eigenvalue weighted by atomic mass is 14.8. The van der Waals surface area contributed by atoms with E-state index in [-0.39, 0.29) is 5.54 Å². The van der Waals surface area contributed by atoms with Crippen molar-refractivity contribution in [3.63, 3.8) is 0 Å². The summed E-state index contributed by atoms with van der Waals surface area (Å²) in [5, 5.41) is 0. The van der Waals surface area contributed by atoms with E-state index in [0.29, 0.717) is 0 Å². The van der Waals surface area contributed by atoms with Gasteiger partial charge in [0.25, 0.3) is 5.54 Å². The van der Waals surface area contributed by atoms with Crippen LogP contribution in [0, 0.1) is 6.07 Å². The number of hydrogen-bond donors (Lipinski definition) is 0. The third kappa shape index (κ3) is 5.23. The third-order valence-electron chi connectivity index (χ3n) is 0.491. The quantitative estimate of drug-likeness (QED) is 0.421. The van der Waals surface area contributed by atoms with Gasteiger partial charge in [-0.25, -0.2) is 0 Å². The van der Waals surface area contributed by atoms with E-state index in [4.69, 9.17) is 0 Å². The molecule has 1 nitrogen and oxygen atoms in total. The molecule has 0 aromatic rings. The van der Waals surface area contributed by atoms with Gasteiger partial charge < -0.3 is 0 Å². The van der Waals surface area contributed by atoms with Gasteiger partial charge in [-0.2, -0.15) is 0 Å². The van der Waals surface area contributed by atoms with Crippen molar-refractivity contribution in [3.8, 4) is 6.07 Å². The summed E-state index contributed by atoms with van der Waals surface area (Å²) in [6.45, 7) is 9.51. The lowest BCUT2D eigenvalue weighted by molar-refractivity contribution is 0.689. The van der Waals surface area contributed by atoms with Crippen molar-refractivity contribution in [1.82, 2.24) is 0 Å². The Kier molecular flexibility index (Phi) is 2.27. The number of allylic oxidation sites excluding steroid dienone is 1. The molecule has 0 unspecified atom stereocenters. The lowest BCUT2D eigenvalue weighted by Crippen LogP contribution is -2.05. The Morgan fingerprint density at radius 3 is 2.12 bits per heavy atom. The maximum atomic E-state index is 4.01. The second-order valence-corrected chi connectivity index (χ2v) is 2.62. The second kappa shape index (κ2) is 2.52. The zero-order valence-corrected chi connectivity index (χ0v) is 5.73. The van der Waals surface area contributed by atoms with Gasteiger partial charge >= 0.3 is 6.07 Å². The molecule has 0 aliphatic heterocycles. The summed E-state index contributed by atoms with van der Waals surface area (Å²) < 4.78 is 0. The highest BCUT2D eigenvalue weighted by Crippen LogP contribution is 2.04. The van der Waals surface area contributed by atoms with Crippen molar-refractivity contribution in [2.24, 2.45) is 0 Å². The molecule has 0 atom stereocenters. The Bertz CT molecular complexity index is 129. The van der Waals surface area contributed by atoms with Crippen LogP contribution in [0.2, 0.25) is 0 Å². The zero-order chi connectivity index (χ0) is 6.62. The fraction of sp³-hybridized carbons (Fsp3) is 0.571. The van der Waals surface area contributed by atoms with Crippen LogP contribution in [0.5, 0.6) is 0 Å². The number of nitrogens with zero attached hydrogens (tertiary/aromatic N) is 1. The van der Waals surface area contributed by atoms with E-state index in [2.05, 4.69) is 17.5 Å². The molecule has 0 aromatic heterocycles. The largest absolute Gasteiger partial charge is 0.303 e. The average Bonchev–Trinajstić information content (AvgIpc) is 1.59. The lowest BCUT2D eigenvalue weighted by Gasteiger charge is -1.90. The van der Waals surface area contributed by atoms with E-state index >= 15 is 0 Å². The van der Waals surface area contributed by atoms with Gasteiger partial charge in [0.15, 0.2) is 0 Å². The molecule has 0 aromatic carbocycles. The van der Waals surface area contributed by atoms with Crippen LogP contribution < -0.4 is 0 Å². The van der Waals surface area contributed by atoms with Crippen molar-refractivity contribution in [1.29, 1.82) is 0 Å². The molecule has 0 amide bonds. The summed E-state index contributed by atoms with van der Waals surface area (Å²) in [5.74, 6) is 0. The van der Waals surface area contributed by atoms with Gasteiger partial charge in [-0.05, 0) is 0 Å². The van der Waals surface area contributed by atoms with Crippen molar-refractivity contribution < 1.29 is 0 Å². The summed E-state index contributed by atoms with van der Waals surface area (Å²) in [4.78, 5) is 4.01. The highest BCUT2D eigenvalue weighted by Gasteiger charge is 2.17. The third-order valence-corrected chi connectivity index (χ3v) is 0.491. The first-order valence-corrected chi connectivity index (χ1v) is 2.64. The molecule has 0 saturated heterocycles. The maximum Gasteiger partial charge on any atom is 0.303 e. The summed E-state index contributed by atoms with van der Waals surface area (Å²) in [6, 6.07) is 2.68. The molecule has 0 aliphatic carbocycles. The van der Waals surface area contributed by atoms with Gasteiger partial charge in [-0.1, -0.05) is 11.4 Å². The van der Waals surface area contributed by atoms with Gasteiger partial charge in [0, 0.05) is 20.8 Å². The van der Waals surface area contributed by atoms with Crippen molar-refractivity contribution >= 4 is 0 Å². The Labute approximate surface area is 50.8 Å². The number of hydrogen-bond acceptors (Lipinski definition) is 0. The Balaban J connectivity index is 3.87. The van der Waals surface area contributed by atoms with Crippen molar-refractivity contribution in [2.75, 3.05) is 0 Å². The molecule has 44 valence electrons. The molecule has 1 heteroatoms. The summed E-state index contributed by atoms with van der Waals surface area (Å²) in [5.41, 5.74) is -0.00576. The Morgan fingerprint density at radius 2 is 2.00 bits per heavy atom. The molecule has 0 fully saturated rings. The minimum atomic E-state index is -0.00576. The molecular formula is C7H12N+. The van der Waals surface area contributed by atoms with Gasteiger partial charge in [0.05, 0.1) is 6.08 Å². The Morgan fingerprint density at radius 1 is 1.50 bits per heavy atom. The molecule has 0 heterocycles. The predicted octanol–water partition coefficient (Wildman–Crippen LogP) is 2.30. The minimum Gasteiger partial charge on any atom is -0.0842 e. The zero-order valence-electron chi connectivity index (χ0n) is 5.73. The molecule has 0 rings (SSSR count). The van der Waals surface area contributed by atoms with Crippen LogP contribution in [-0.2, 0) is 0 Å². The van der Waals surface area contributed by atoms with Gasteiger partial charge in [-0.15, -0.1) is 0 Å². The smallest absolute Gasteiger partial charge is 0.0842 e.